The molecule has 0 aromatic rings. The molecular weight excluding hydrogens is 134 g/mol. The van der Waals surface area contributed by atoms with Crippen LogP contribution in [0.15, 0.2) is 11.5 Å². The normalized spacial score (nSPS) is 34.7. The monoisotopic (exact) mass is 141 g/mol. The second-order valence-corrected chi connectivity index (χ2v) is 3.16. The highest BCUT2D eigenvalue weighted by molar-refractivity contribution is 7.85. The van der Waals surface area contributed by atoms with Gasteiger partial charge in [-0.1, -0.05) is 5.92 Å². The summed E-state index contributed by atoms with van der Waals surface area (Å²) in [5.74, 6) is 2.49. The molecule has 0 fully saturated rings. The molecule has 2 atom stereocenters. The maximum absolute atomic E-state index is 10.8. The van der Waals surface area contributed by atoms with Crippen LogP contribution in [0.4, 0.5) is 0 Å². The minimum atomic E-state index is -0.987. The molecule has 0 radical (unpaired) electrons. The molecule has 0 aliphatic carbocycles. The summed E-state index contributed by atoms with van der Waals surface area (Å²) < 4.78 is 12.4. The standard InChI is InChI=1S/C6H7NOS/c1-3-6-4-5-9(8)7(6)2/h1,4-6H,2H3. The molecule has 0 aromatic carbocycles. The Hall–Kier alpha value is -0.590. The van der Waals surface area contributed by atoms with Gasteiger partial charge in [-0.2, -0.15) is 0 Å². The van der Waals surface area contributed by atoms with Gasteiger partial charge in [-0.25, -0.2) is 8.51 Å². The molecule has 0 spiro atoms. The fourth-order valence-corrected chi connectivity index (χ4v) is 1.46. The Balaban J connectivity index is 2.76. The molecule has 0 N–H and O–H groups in total. The van der Waals surface area contributed by atoms with Crippen molar-refractivity contribution >= 4 is 11.0 Å². The first-order chi connectivity index (χ1) is 4.25. The van der Waals surface area contributed by atoms with Crippen LogP contribution in [0, 0.1) is 12.3 Å². The first kappa shape index (κ1) is 6.53. The van der Waals surface area contributed by atoms with Crippen molar-refractivity contribution in [2.24, 2.45) is 0 Å². The molecule has 0 saturated heterocycles. The van der Waals surface area contributed by atoms with Gasteiger partial charge in [-0.05, 0) is 6.08 Å². The maximum atomic E-state index is 10.8. The summed E-state index contributed by atoms with van der Waals surface area (Å²) in [6, 6.07) is -0.0779. The van der Waals surface area contributed by atoms with Gasteiger partial charge in [0.2, 0.25) is 0 Å². The molecule has 1 rings (SSSR count). The third-order valence-electron chi connectivity index (χ3n) is 1.22. The van der Waals surface area contributed by atoms with Crippen LogP contribution in [0.5, 0.6) is 0 Å². The van der Waals surface area contributed by atoms with Gasteiger partial charge in [0.15, 0.2) is 0 Å². The molecule has 9 heavy (non-hydrogen) atoms. The summed E-state index contributed by atoms with van der Waals surface area (Å²) in [7, 11) is 0.749. The summed E-state index contributed by atoms with van der Waals surface area (Å²) in [6.07, 6.45) is 6.87. The number of nitrogens with zero attached hydrogens (tertiary/aromatic N) is 1. The molecule has 1 heterocycles. The number of likely N-dealkylation sites (N-methyl/N-ethyl adjacent to an activating group) is 1. The first-order valence-corrected chi connectivity index (χ1v) is 3.70. The predicted octanol–water partition coefficient (Wildman–Crippen LogP) is 0.111. The van der Waals surface area contributed by atoms with Crippen molar-refractivity contribution in [3.8, 4) is 12.3 Å². The van der Waals surface area contributed by atoms with Gasteiger partial charge in [-0.3, -0.25) is 0 Å². The van der Waals surface area contributed by atoms with Crippen LogP contribution in [-0.2, 0) is 11.0 Å². The van der Waals surface area contributed by atoms with Crippen molar-refractivity contribution in [3.63, 3.8) is 0 Å². The zero-order valence-electron chi connectivity index (χ0n) is 5.07. The second kappa shape index (κ2) is 2.34. The first-order valence-electron chi connectivity index (χ1n) is 2.53. The van der Waals surface area contributed by atoms with Crippen LogP contribution in [0.1, 0.15) is 0 Å². The van der Waals surface area contributed by atoms with Gasteiger partial charge in [-0.15, -0.1) is 6.42 Å². The average molecular weight is 141 g/mol. The fourth-order valence-electron chi connectivity index (χ4n) is 0.631. The van der Waals surface area contributed by atoms with Crippen LogP contribution in [-0.4, -0.2) is 21.6 Å². The molecular formula is C6H7NOS. The second-order valence-electron chi connectivity index (χ2n) is 1.76. The van der Waals surface area contributed by atoms with Crippen molar-refractivity contribution in [1.29, 1.82) is 0 Å². The molecule has 48 valence electrons. The summed E-state index contributed by atoms with van der Waals surface area (Å²) in [5.41, 5.74) is 0. The van der Waals surface area contributed by atoms with Gasteiger partial charge in [0.25, 0.3) is 0 Å². The largest absolute Gasteiger partial charge is 0.238 e. The molecule has 1 aliphatic rings. The predicted molar refractivity (Wildman–Crippen MR) is 37.7 cm³/mol. The van der Waals surface area contributed by atoms with E-state index in [9.17, 15) is 4.21 Å². The molecule has 3 heteroatoms. The van der Waals surface area contributed by atoms with E-state index in [1.54, 1.807) is 22.8 Å². The van der Waals surface area contributed by atoms with E-state index in [4.69, 9.17) is 6.42 Å². The Kier molecular flexibility index (Phi) is 1.70. The van der Waals surface area contributed by atoms with E-state index >= 15 is 0 Å². The minimum Gasteiger partial charge on any atom is -0.238 e. The van der Waals surface area contributed by atoms with Crippen LogP contribution in [0.3, 0.4) is 0 Å². The quantitative estimate of drug-likeness (QED) is 0.438. The van der Waals surface area contributed by atoms with E-state index in [-0.39, 0.29) is 6.04 Å². The van der Waals surface area contributed by atoms with Crippen LogP contribution in [0.25, 0.3) is 0 Å². The van der Waals surface area contributed by atoms with E-state index in [2.05, 4.69) is 5.92 Å². The van der Waals surface area contributed by atoms with Crippen LogP contribution in [0.2, 0.25) is 0 Å². The van der Waals surface area contributed by atoms with Gasteiger partial charge >= 0.3 is 0 Å². The van der Waals surface area contributed by atoms with Crippen molar-refractivity contribution in [1.82, 2.24) is 4.31 Å². The highest BCUT2D eigenvalue weighted by Crippen LogP contribution is 2.09. The van der Waals surface area contributed by atoms with Gasteiger partial charge in [0.1, 0.15) is 17.0 Å². The fraction of sp³-hybridized carbons (Fsp3) is 0.333. The summed E-state index contributed by atoms with van der Waals surface area (Å²) in [5, 5.41) is 1.60. The number of terminal acetylenes is 1. The Labute approximate surface area is 57.1 Å². The van der Waals surface area contributed by atoms with E-state index in [0.29, 0.717) is 0 Å². The summed E-state index contributed by atoms with van der Waals surface area (Å²) in [4.78, 5) is 0. The minimum absolute atomic E-state index is 0.0779. The Morgan fingerprint density at radius 1 is 1.89 bits per heavy atom. The summed E-state index contributed by atoms with van der Waals surface area (Å²) in [6.45, 7) is 0. The zero-order valence-corrected chi connectivity index (χ0v) is 5.89. The average Bonchev–Trinajstić information content (AvgIpc) is 2.15. The van der Waals surface area contributed by atoms with Gasteiger partial charge in [0.05, 0.1) is 0 Å². The van der Waals surface area contributed by atoms with E-state index in [0.717, 1.165) is 0 Å². The number of hydrogen-bond acceptors (Lipinski definition) is 1. The smallest absolute Gasteiger partial charge is 0.121 e. The lowest BCUT2D eigenvalue weighted by atomic mass is 10.3. The highest BCUT2D eigenvalue weighted by Gasteiger charge is 2.18. The molecule has 2 unspecified atom stereocenters. The topological polar surface area (TPSA) is 20.3 Å². The molecule has 0 aromatic heterocycles. The van der Waals surface area contributed by atoms with Gasteiger partial charge in [0, 0.05) is 12.5 Å². The van der Waals surface area contributed by atoms with Crippen molar-refractivity contribution in [2.45, 2.75) is 6.04 Å². The highest BCUT2D eigenvalue weighted by atomic mass is 32.2. The van der Waals surface area contributed by atoms with E-state index < -0.39 is 11.0 Å². The molecule has 0 amide bonds. The maximum Gasteiger partial charge on any atom is 0.121 e. The molecule has 0 saturated carbocycles. The van der Waals surface area contributed by atoms with Gasteiger partial charge < -0.3 is 0 Å². The SMILES string of the molecule is C#CC1C=CS(=O)N1C. The Morgan fingerprint density at radius 3 is 2.78 bits per heavy atom. The van der Waals surface area contributed by atoms with E-state index in [1.165, 1.54) is 0 Å². The number of rotatable bonds is 0. The summed E-state index contributed by atoms with van der Waals surface area (Å²) >= 11 is 0. The van der Waals surface area contributed by atoms with Crippen molar-refractivity contribution < 1.29 is 4.21 Å². The third-order valence-corrected chi connectivity index (χ3v) is 2.41. The van der Waals surface area contributed by atoms with Crippen molar-refractivity contribution in [2.75, 3.05) is 7.05 Å². The number of hydrogen-bond donors (Lipinski definition) is 0. The van der Waals surface area contributed by atoms with Crippen LogP contribution < -0.4 is 0 Å². The van der Waals surface area contributed by atoms with E-state index in [1.807, 2.05) is 0 Å². The zero-order chi connectivity index (χ0) is 6.85. The van der Waals surface area contributed by atoms with Crippen LogP contribution >= 0.6 is 0 Å². The molecule has 2 nitrogen and oxygen atoms in total. The Morgan fingerprint density at radius 2 is 2.56 bits per heavy atom. The third kappa shape index (κ3) is 1.04. The lowest BCUT2D eigenvalue weighted by Crippen LogP contribution is -2.24. The lowest BCUT2D eigenvalue weighted by Gasteiger charge is -2.09. The van der Waals surface area contributed by atoms with Crippen molar-refractivity contribution in [3.05, 3.63) is 11.5 Å². The molecule has 0 bridgehead atoms. The molecule has 1 aliphatic heterocycles. The lowest BCUT2D eigenvalue weighted by molar-refractivity contribution is 0.535. The Bertz CT molecular complexity index is 204.